The second-order valence-corrected chi connectivity index (χ2v) is 3.06. The molecule has 0 fully saturated rings. The van der Waals surface area contributed by atoms with E-state index in [0.717, 1.165) is 0 Å². The highest BCUT2D eigenvalue weighted by Gasteiger charge is 2.01. The summed E-state index contributed by atoms with van der Waals surface area (Å²) >= 11 is 0. The molecular weight excluding hydrogens is 195 g/mol. The number of esters is 1. The van der Waals surface area contributed by atoms with Crippen LogP contribution in [0.25, 0.3) is 6.08 Å². The Morgan fingerprint density at radius 2 is 2.27 bits per heavy atom. The van der Waals surface area contributed by atoms with Crippen molar-refractivity contribution in [1.82, 2.24) is 0 Å². The Bertz CT molecular complexity index is 383. The zero-order valence-electron chi connectivity index (χ0n) is 8.79. The van der Waals surface area contributed by atoms with Crippen molar-refractivity contribution in [2.45, 2.75) is 13.8 Å². The molecule has 0 atom stereocenters. The van der Waals surface area contributed by atoms with E-state index in [4.69, 9.17) is 0 Å². The van der Waals surface area contributed by atoms with E-state index < -0.39 is 5.97 Å². The molecule has 0 bridgehead atoms. The van der Waals surface area contributed by atoms with Gasteiger partial charge in [0.2, 0.25) is 0 Å². The molecule has 1 aromatic rings. The van der Waals surface area contributed by atoms with Crippen molar-refractivity contribution in [3.63, 3.8) is 0 Å². The van der Waals surface area contributed by atoms with Gasteiger partial charge in [-0.25, -0.2) is 9.18 Å². The molecule has 0 aromatic heterocycles. The van der Waals surface area contributed by atoms with E-state index in [2.05, 4.69) is 4.74 Å². The Hall–Kier alpha value is -1.64. The third kappa shape index (κ3) is 3.20. The van der Waals surface area contributed by atoms with Crippen LogP contribution in [0.3, 0.4) is 0 Å². The average Bonchev–Trinajstić information content (AvgIpc) is 2.21. The third-order valence-electron chi connectivity index (χ3n) is 1.91. The van der Waals surface area contributed by atoms with Crippen LogP contribution < -0.4 is 0 Å². The van der Waals surface area contributed by atoms with Crippen LogP contribution in [0.1, 0.15) is 18.1 Å². The lowest BCUT2D eigenvalue weighted by atomic mass is 10.1. The largest absolute Gasteiger partial charge is 0.463 e. The van der Waals surface area contributed by atoms with Gasteiger partial charge in [0, 0.05) is 11.6 Å². The summed E-state index contributed by atoms with van der Waals surface area (Å²) in [5.41, 5.74) is 0.948. The quantitative estimate of drug-likeness (QED) is 0.564. The van der Waals surface area contributed by atoms with Crippen molar-refractivity contribution < 1.29 is 13.9 Å². The molecule has 0 N–H and O–H groups in total. The van der Waals surface area contributed by atoms with E-state index >= 15 is 0 Å². The molecule has 0 saturated carbocycles. The molecule has 2 nitrogen and oxygen atoms in total. The van der Waals surface area contributed by atoms with Gasteiger partial charge in [-0.15, -0.1) is 0 Å². The van der Waals surface area contributed by atoms with Crippen molar-refractivity contribution in [3.05, 3.63) is 41.2 Å². The summed E-state index contributed by atoms with van der Waals surface area (Å²) < 4.78 is 18.1. The van der Waals surface area contributed by atoms with Gasteiger partial charge in [0.15, 0.2) is 0 Å². The van der Waals surface area contributed by atoms with Crippen molar-refractivity contribution in [2.75, 3.05) is 6.61 Å². The number of benzene rings is 1. The van der Waals surface area contributed by atoms with Crippen molar-refractivity contribution in [2.24, 2.45) is 0 Å². The molecular formula is C12H13FO2. The van der Waals surface area contributed by atoms with Crippen LogP contribution in [0.5, 0.6) is 0 Å². The Morgan fingerprint density at radius 3 is 2.93 bits per heavy atom. The van der Waals surface area contributed by atoms with Crippen LogP contribution in [0.4, 0.5) is 4.39 Å². The molecule has 0 heterocycles. The summed E-state index contributed by atoms with van der Waals surface area (Å²) in [5, 5.41) is 0. The molecule has 3 heteroatoms. The fourth-order valence-electron chi connectivity index (χ4n) is 1.15. The lowest BCUT2D eigenvalue weighted by Crippen LogP contribution is -1.99. The van der Waals surface area contributed by atoms with E-state index in [0.29, 0.717) is 17.7 Å². The monoisotopic (exact) mass is 208 g/mol. The Balaban J connectivity index is 2.81. The molecule has 0 unspecified atom stereocenters. The molecule has 1 aromatic carbocycles. The predicted octanol–water partition coefficient (Wildman–Crippen LogP) is 2.71. The maximum atomic E-state index is 13.4. The number of rotatable bonds is 3. The van der Waals surface area contributed by atoms with E-state index in [1.54, 1.807) is 32.0 Å². The molecule has 0 spiro atoms. The average molecular weight is 208 g/mol. The highest BCUT2D eigenvalue weighted by molar-refractivity contribution is 5.87. The lowest BCUT2D eigenvalue weighted by molar-refractivity contribution is -0.137. The van der Waals surface area contributed by atoms with Crippen LogP contribution in [0.2, 0.25) is 0 Å². The number of hydrogen-bond acceptors (Lipinski definition) is 2. The highest BCUT2D eigenvalue weighted by Crippen LogP contribution is 2.13. The fraction of sp³-hybridized carbons (Fsp3) is 0.250. The first kappa shape index (κ1) is 11.4. The molecule has 15 heavy (non-hydrogen) atoms. The smallest absolute Gasteiger partial charge is 0.330 e. The molecule has 0 aliphatic rings. The number of carbonyl (C=O) groups excluding carboxylic acids is 1. The van der Waals surface area contributed by atoms with Crippen LogP contribution in [-0.4, -0.2) is 12.6 Å². The van der Waals surface area contributed by atoms with Gasteiger partial charge in [0.05, 0.1) is 6.61 Å². The van der Waals surface area contributed by atoms with Gasteiger partial charge in [-0.3, -0.25) is 0 Å². The van der Waals surface area contributed by atoms with Crippen LogP contribution in [0.15, 0.2) is 24.3 Å². The first-order chi connectivity index (χ1) is 7.15. The first-order valence-corrected chi connectivity index (χ1v) is 4.75. The molecule has 0 aliphatic heterocycles. The van der Waals surface area contributed by atoms with Gasteiger partial charge in [-0.1, -0.05) is 18.2 Å². The number of aryl methyl sites for hydroxylation is 1. The summed E-state index contributed by atoms with van der Waals surface area (Å²) in [4.78, 5) is 11.0. The Morgan fingerprint density at radius 1 is 1.53 bits per heavy atom. The van der Waals surface area contributed by atoms with Crippen molar-refractivity contribution in [1.29, 1.82) is 0 Å². The molecule has 1 rings (SSSR count). The Labute approximate surface area is 88.4 Å². The Kier molecular flexibility index (Phi) is 4.03. The van der Waals surface area contributed by atoms with E-state index in [1.807, 2.05) is 0 Å². The second kappa shape index (κ2) is 5.29. The summed E-state index contributed by atoms with van der Waals surface area (Å²) in [6.07, 6.45) is 2.64. The summed E-state index contributed by atoms with van der Waals surface area (Å²) in [5.74, 6) is -0.767. The summed E-state index contributed by atoms with van der Waals surface area (Å²) in [7, 11) is 0. The van der Waals surface area contributed by atoms with Crippen molar-refractivity contribution >= 4 is 12.0 Å². The molecule has 0 radical (unpaired) electrons. The van der Waals surface area contributed by atoms with E-state index in [1.165, 1.54) is 12.2 Å². The van der Waals surface area contributed by atoms with Gasteiger partial charge >= 0.3 is 5.97 Å². The summed E-state index contributed by atoms with van der Waals surface area (Å²) in [6, 6.07) is 5.03. The van der Waals surface area contributed by atoms with Crippen LogP contribution in [-0.2, 0) is 9.53 Å². The molecule has 0 amide bonds. The topological polar surface area (TPSA) is 26.3 Å². The number of hydrogen-bond donors (Lipinski definition) is 0. The minimum absolute atomic E-state index is 0.307. The van der Waals surface area contributed by atoms with Gasteiger partial charge in [-0.2, -0.15) is 0 Å². The standard InChI is InChI=1S/C12H13FO2/c1-3-15-11(14)8-7-10-6-4-5-9(2)12(10)13/h4-8H,3H2,1-2H3/b8-7+. The number of ether oxygens (including phenoxy) is 1. The fourth-order valence-corrected chi connectivity index (χ4v) is 1.15. The number of halogens is 1. The minimum Gasteiger partial charge on any atom is -0.463 e. The maximum absolute atomic E-state index is 13.4. The van der Waals surface area contributed by atoms with E-state index in [9.17, 15) is 9.18 Å². The van der Waals surface area contributed by atoms with Gasteiger partial charge < -0.3 is 4.74 Å². The zero-order valence-corrected chi connectivity index (χ0v) is 8.79. The SMILES string of the molecule is CCOC(=O)/C=C/c1cccc(C)c1F. The summed E-state index contributed by atoms with van der Waals surface area (Å²) in [6.45, 7) is 3.72. The lowest BCUT2D eigenvalue weighted by Gasteiger charge is -2.00. The maximum Gasteiger partial charge on any atom is 0.330 e. The second-order valence-electron chi connectivity index (χ2n) is 3.06. The van der Waals surface area contributed by atoms with Crippen LogP contribution in [0, 0.1) is 12.7 Å². The first-order valence-electron chi connectivity index (χ1n) is 4.75. The van der Waals surface area contributed by atoms with Crippen LogP contribution >= 0.6 is 0 Å². The van der Waals surface area contributed by atoms with Gasteiger partial charge in [-0.05, 0) is 25.5 Å². The van der Waals surface area contributed by atoms with Gasteiger partial charge in [0.25, 0.3) is 0 Å². The van der Waals surface area contributed by atoms with Gasteiger partial charge in [0.1, 0.15) is 5.82 Å². The molecule has 0 saturated heterocycles. The minimum atomic E-state index is -0.460. The third-order valence-corrected chi connectivity index (χ3v) is 1.91. The molecule has 80 valence electrons. The normalized spacial score (nSPS) is 10.6. The van der Waals surface area contributed by atoms with E-state index in [-0.39, 0.29) is 5.82 Å². The molecule has 0 aliphatic carbocycles. The number of carbonyl (C=O) groups is 1. The van der Waals surface area contributed by atoms with Crippen molar-refractivity contribution in [3.8, 4) is 0 Å². The predicted molar refractivity (Wildman–Crippen MR) is 56.8 cm³/mol. The highest BCUT2D eigenvalue weighted by atomic mass is 19.1. The zero-order chi connectivity index (χ0) is 11.3.